The maximum absolute atomic E-state index is 10.4. The minimum Gasteiger partial charge on any atom is -0.476 e. The van der Waals surface area contributed by atoms with Crippen molar-refractivity contribution in [2.75, 3.05) is 13.6 Å². The third-order valence-electron chi connectivity index (χ3n) is 1.74. The second kappa shape index (κ2) is 4.04. The van der Waals surface area contributed by atoms with E-state index >= 15 is 0 Å². The number of hydrogen-bond donors (Lipinski definition) is 1. The Morgan fingerprint density at radius 1 is 1.77 bits per heavy atom. The molecule has 0 saturated carbocycles. The van der Waals surface area contributed by atoms with Gasteiger partial charge in [-0.3, -0.25) is 4.90 Å². The van der Waals surface area contributed by atoms with E-state index in [0.29, 0.717) is 12.3 Å². The first-order valence-electron chi connectivity index (χ1n) is 4.01. The summed E-state index contributed by atoms with van der Waals surface area (Å²) in [7, 11) is 1.92. The molecule has 0 radical (unpaired) electrons. The molecule has 0 aromatic carbocycles. The molecule has 13 heavy (non-hydrogen) atoms. The maximum Gasteiger partial charge on any atom is 0.358 e. The Morgan fingerprint density at radius 3 is 2.92 bits per heavy atom. The van der Waals surface area contributed by atoms with E-state index in [0.717, 1.165) is 6.54 Å². The van der Waals surface area contributed by atoms with Gasteiger partial charge in [-0.1, -0.05) is 12.1 Å². The van der Waals surface area contributed by atoms with Gasteiger partial charge in [-0.05, 0) is 13.6 Å². The minimum atomic E-state index is -1.06. The van der Waals surface area contributed by atoms with Gasteiger partial charge < -0.3 is 9.63 Å². The number of carboxylic acids is 1. The molecule has 72 valence electrons. The van der Waals surface area contributed by atoms with E-state index in [1.165, 1.54) is 6.07 Å². The number of aromatic nitrogens is 1. The van der Waals surface area contributed by atoms with Crippen LogP contribution in [0.1, 0.15) is 23.2 Å². The first-order valence-corrected chi connectivity index (χ1v) is 4.01. The normalized spacial score (nSPS) is 10.7. The molecular formula is C8H12N2O3. The Kier molecular flexibility index (Phi) is 3.02. The largest absolute Gasteiger partial charge is 0.476 e. The van der Waals surface area contributed by atoms with Gasteiger partial charge in [0, 0.05) is 6.07 Å². The topological polar surface area (TPSA) is 66.6 Å². The molecule has 0 spiro atoms. The number of rotatable bonds is 4. The molecule has 1 heterocycles. The van der Waals surface area contributed by atoms with E-state index in [2.05, 4.69) is 5.16 Å². The van der Waals surface area contributed by atoms with E-state index in [1.54, 1.807) is 0 Å². The van der Waals surface area contributed by atoms with E-state index in [9.17, 15) is 4.79 Å². The van der Waals surface area contributed by atoms with Crippen LogP contribution in [0.15, 0.2) is 10.6 Å². The number of hydrogen-bond acceptors (Lipinski definition) is 4. The Labute approximate surface area is 75.9 Å². The molecule has 1 aromatic heterocycles. The molecule has 0 fully saturated rings. The van der Waals surface area contributed by atoms with Crippen LogP contribution in [0.5, 0.6) is 0 Å². The zero-order chi connectivity index (χ0) is 9.84. The van der Waals surface area contributed by atoms with Crippen molar-refractivity contribution in [3.63, 3.8) is 0 Å². The molecule has 0 aliphatic rings. The second-order valence-electron chi connectivity index (χ2n) is 2.81. The van der Waals surface area contributed by atoms with Gasteiger partial charge in [0.05, 0.1) is 6.54 Å². The van der Waals surface area contributed by atoms with Crippen LogP contribution >= 0.6 is 0 Å². The zero-order valence-corrected chi connectivity index (χ0v) is 7.65. The maximum atomic E-state index is 10.4. The quantitative estimate of drug-likeness (QED) is 0.750. The highest BCUT2D eigenvalue weighted by Gasteiger charge is 2.11. The zero-order valence-electron chi connectivity index (χ0n) is 7.65. The van der Waals surface area contributed by atoms with Crippen LogP contribution in [0.4, 0.5) is 0 Å². The Bertz CT molecular complexity index is 295. The van der Waals surface area contributed by atoms with Crippen LogP contribution in [0.2, 0.25) is 0 Å². The molecule has 1 aromatic rings. The molecule has 0 aliphatic carbocycles. The van der Waals surface area contributed by atoms with E-state index < -0.39 is 5.97 Å². The number of nitrogens with zero attached hydrogens (tertiary/aromatic N) is 2. The lowest BCUT2D eigenvalue weighted by atomic mass is 10.3. The molecular weight excluding hydrogens is 172 g/mol. The molecule has 1 rings (SSSR count). The van der Waals surface area contributed by atoms with Crippen LogP contribution < -0.4 is 0 Å². The van der Waals surface area contributed by atoms with Crippen LogP contribution in [-0.2, 0) is 6.54 Å². The van der Waals surface area contributed by atoms with Gasteiger partial charge in [-0.15, -0.1) is 0 Å². The molecule has 0 amide bonds. The molecule has 0 saturated heterocycles. The van der Waals surface area contributed by atoms with Gasteiger partial charge in [0.15, 0.2) is 11.5 Å². The molecule has 0 bridgehead atoms. The molecule has 5 heteroatoms. The third-order valence-corrected chi connectivity index (χ3v) is 1.74. The number of aromatic carboxylic acids is 1. The lowest BCUT2D eigenvalue weighted by Gasteiger charge is -2.09. The second-order valence-corrected chi connectivity index (χ2v) is 2.81. The van der Waals surface area contributed by atoms with Crippen LogP contribution in [0.25, 0.3) is 0 Å². The smallest absolute Gasteiger partial charge is 0.358 e. The molecule has 1 N–H and O–H groups in total. The predicted octanol–water partition coefficient (Wildman–Crippen LogP) is 0.825. The van der Waals surface area contributed by atoms with Crippen molar-refractivity contribution in [1.29, 1.82) is 0 Å². The van der Waals surface area contributed by atoms with Crippen LogP contribution in [-0.4, -0.2) is 34.7 Å². The van der Waals surface area contributed by atoms with Crippen molar-refractivity contribution in [1.82, 2.24) is 10.1 Å². The summed E-state index contributed by atoms with van der Waals surface area (Å²) in [6, 6.07) is 1.44. The van der Waals surface area contributed by atoms with Crippen molar-refractivity contribution < 1.29 is 14.4 Å². The van der Waals surface area contributed by atoms with Crippen LogP contribution in [0.3, 0.4) is 0 Å². The van der Waals surface area contributed by atoms with Gasteiger partial charge in [0.25, 0.3) is 0 Å². The Balaban J connectivity index is 2.64. The van der Waals surface area contributed by atoms with Crippen molar-refractivity contribution in [3.05, 3.63) is 17.5 Å². The molecule has 0 unspecified atom stereocenters. The summed E-state index contributed by atoms with van der Waals surface area (Å²) in [6.07, 6.45) is 0. The summed E-state index contributed by atoms with van der Waals surface area (Å²) in [6.45, 7) is 3.47. The first kappa shape index (κ1) is 9.73. The van der Waals surface area contributed by atoms with Crippen molar-refractivity contribution in [2.45, 2.75) is 13.5 Å². The molecule has 0 atom stereocenters. The molecule has 5 nitrogen and oxygen atoms in total. The Hall–Kier alpha value is -1.36. The van der Waals surface area contributed by atoms with Gasteiger partial charge in [-0.2, -0.15) is 0 Å². The number of carboxylic acid groups (broad SMARTS) is 1. The highest BCUT2D eigenvalue weighted by Crippen LogP contribution is 2.05. The summed E-state index contributed by atoms with van der Waals surface area (Å²) in [4.78, 5) is 12.4. The van der Waals surface area contributed by atoms with E-state index in [-0.39, 0.29) is 5.69 Å². The highest BCUT2D eigenvalue weighted by atomic mass is 16.5. The van der Waals surface area contributed by atoms with Crippen molar-refractivity contribution in [2.24, 2.45) is 0 Å². The fourth-order valence-corrected chi connectivity index (χ4v) is 0.866. The minimum absolute atomic E-state index is 0.0421. The van der Waals surface area contributed by atoms with Crippen molar-refractivity contribution >= 4 is 5.97 Å². The summed E-state index contributed by atoms with van der Waals surface area (Å²) < 4.78 is 4.83. The van der Waals surface area contributed by atoms with E-state index in [4.69, 9.17) is 9.63 Å². The van der Waals surface area contributed by atoms with Gasteiger partial charge in [0.1, 0.15) is 0 Å². The summed E-state index contributed by atoms with van der Waals surface area (Å²) in [5, 5.41) is 12.0. The monoisotopic (exact) mass is 184 g/mol. The van der Waals surface area contributed by atoms with Crippen molar-refractivity contribution in [3.8, 4) is 0 Å². The number of carbonyl (C=O) groups is 1. The lowest BCUT2D eigenvalue weighted by Crippen LogP contribution is -2.16. The third kappa shape index (κ3) is 2.55. The standard InChI is InChI=1S/C8H12N2O3/c1-3-10(2)5-6-4-7(8(11)12)9-13-6/h4H,3,5H2,1-2H3,(H,11,12). The van der Waals surface area contributed by atoms with E-state index in [1.807, 2.05) is 18.9 Å². The average molecular weight is 184 g/mol. The predicted molar refractivity (Wildman–Crippen MR) is 45.5 cm³/mol. The SMILES string of the molecule is CCN(C)Cc1cc(C(=O)O)no1. The van der Waals surface area contributed by atoms with Gasteiger partial charge in [0.2, 0.25) is 0 Å². The lowest BCUT2D eigenvalue weighted by molar-refractivity contribution is 0.0685. The summed E-state index contributed by atoms with van der Waals surface area (Å²) >= 11 is 0. The summed E-state index contributed by atoms with van der Waals surface area (Å²) in [5.41, 5.74) is -0.0421. The molecule has 0 aliphatic heterocycles. The highest BCUT2D eigenvalue weighted by molar-refractivity contribution is 5.85. The van der Waals surface area contributed by atoms with Gasteiger partial charge in [-0.25, -0.2) is 4.79 Å². The summed E-state index contributed by atoms with van der Waals surface area (Å²) in [5.74, 6) is -0.490. The van der Waals surface area contributed by atoms with Crippen LogP contribution in [0, 0.1) is 0 Å². The van der Waals surface area contributed by atoms with Gasteiger partial charge >= 0.3 is 5.97 Å². The Morgan fingerprint density at radius 2 is 2.46 bits per heavy atom. The first-order chi connectivity index (χ1) is 6.13. The fraction of sp³-hybridized carbons (Fsp3) is 0.500. The fourth-order valence-electron chi connectivity index (χ4n) is 0.866. The average Bonchev–Trinajstić information content (AvgIpc) is 2.52.